The lowest BCUT2D eigenvalue weighted by Gasteiger charge is -2.34. The molecule has 1 saturated heterocycles. The summed E-state index contributed by atoms with van der Waals surface area (Å²) in [5.74, 6) is 1.04. The Morgan fingerprint density at radius 1 is 0.913 bits per heavy atom. The van der Waals surface area contributed by atoms with Gasteiger partial charge in [-0.2, -0.15) is 0 Å². The van der Waals surface area contributed by atoms with Gasteiger partial charge in [-0.05, 0) is 86.5 Å². The van der Waals surface area contributed by atoms with E-state index in [4.69, 9.17) is 4.74 Å². The molecule has 3 heterocycles. The highest BCUT2D eigenvalue weighted by molar-refractivity contribution is 6.05. The number of aryl methyl sites for hydroxylation is 1. The molecular weight excluding hydrogens is 578 g/mol. The minimum atomic E-state index is -0.398. The van der Waals surface area contributed by atoms with Crippen LogP contribution in [0.25, 0.3) is 22.0 Å². The van der Waals surface area contributed by atoms with E-state index in [1.54, 1.807) is 42.7 Å². The number of hydrogen-bond donors (Lipinski definition) is 3. The number of pyridine rings is 1. The molecule has 238 valence electrons. The summed E-state index contributed by atoms with van der Waals surface area (Å²) < 4.78 is 8.67. The van der Waals surface area contributed by atoms with Crippen LogP contribution in [0, 0.1) is 19.8 Å². The Balaban J connectivity index is 1.14. The van der Waals surface area contributed by atoms with Crippen molar-refractivity contribution in [3.8, 4) is 34.1 Å². The van der Waals surface area contributed by atoms with E-state index in [0.29, 0.717) is 28.5 Å². The summed E-state index contributed by atoms with van der Waals surface area (Å²) in [4.78, 5) is 22.1. The second-order valence-electron chi connectivity index (χ2n) is 12.4. The maximum absolute atomic E-state index is 13.1. The number of phenols is 2. The number of amides is 1. The van der Waals surface area contributed by atoms with E-state index in [0.717, 1.165) is 44.7 Å². The number of fused-ring (bicyclic) bond motifs is 1. The molecule has 1 atom stereocenters. The van der Waals surface area contributed by atoms with Gasteiger partial charge in [-0.15, -0.1) is 0 Å². The number of carbonyl (C=O) groups excluding carboxylic acids is 1. The number of phenolic OH excluding ortho intramolecular Hbond substituents is 2. The molecule has 3 N–H and O–H groups in total. The summed E-state index contributed by atoms with van der Waals surface area (Å²) in [5.41, 5.74) is 5.23. The van der Waals surface area contributed by atoms with E-state index in [1.165, 1.54) is 28.9 Å². The summed E-state index contributed by atoms with van der Waals surface area (Å²) in [7, 11) is 2.19. The Hall–Kier alpha value is -4.86. The molecule has 0 saturated carbocycles. The number of hydrogen-bond acceptors (Lipinski definition) is 7. The molecule has 0 aliphatic carbocycles. The van der Waals surface area contributed by atoms with Gasteiger partial charge in [0.2, 0.25) is 0 Å². The molecule has 1 amide bonds. The molecule has 0 radical (unpaired) electrons. The lowest BCUT2D eigenvalue weighted by atomic mass is 10.0. The fourth-order valence-corrected chi connectivity index (χ4v) is 6.31. The molecule has 1 fully saturated rings. The summed E-state index contributed by atoms with van der Waals surface area (Å²) in [5, 5.41) is 25.1. The number of benzene rings is 3. The van der Waals surface area contributed by atoms with Crippen molar-refractivity contribution < 1.29 is 19.7 Å². The highest BCUT2D eigenvalue weighted by atomic mass is 16.5. The van der Waals surface area contributed by atoms with Crippen LogP contribution in [-0.4, -0.2) is 75.2 Å². The van der Waals surface area contributed by atoms with Crippen molar-refractivity contribution in [1.29, 1.82) is 0 Å². The first-order valence-corrected chi connectivity index (χ1v) is 15.7. The van der Waals surface area contributed by atoms with Crippen LogP contribution in [0.1, 0.15) is 28.5 Å². The van der Waals surface area contributed by atoms with Crippen LogP contribution in [0.2, 0.25) is 0 Å². The van der Waals surface area contributed by atoms with Gasteiger partial charge in [0.25, 0.3) is 5.91 Å². The van der Waals surface area contributed by atoms with Crippen molar-refractivity contribution in [2.45, 2.75) is 27.3 Å². The normalized spacial score (nSPS) is 14.8. The lowest BCUT2D eigenvalue weighted by molar-refractivity contribution is 0.102. The number of ether oxygens (including phenoxy) is 1. The Labute approximate surface area is 269 Å². The minimum Gasteiger partial charge on any atom is -0.507 e. The van der Waals surface area contributed by atoms with Gasteiger partial charge in [0.1, 0.15) is 23.0 Å². The van der Waals surface area contributed by atoms with E-state index in [9.17, 15) is 15.0 Å². The molecule has 6 rings (SSSR count). The second-order valence-corrected chi connectivity index (χ2v) is 12.4. The van der Waals surface area contributed by atoms with Crippen LogP contribution in [0.4, 0.5) is 5.69 Å². The number of nitrogens with zero attached hydrogens (tertiary/aromatic N) is 4. The predicted molar refractivity (Wildman–Crippen MR) is 182 cm³/mol. The monoisotopic (exact) mass is 619 g/mol. The third-order valence-electron chi connectivity index (χ3n) is 8.93. The van der Waals surface area contributed by atoms with Crippen molar-refractivity contribution in [2.24, 2.45) is 5.92 Å². The summed E-state index contributed by atoms with van der Waals surface area (Å²) >= 11 is 0. The summed E-state index contributed by atoms with van der Waals surface area (Å²) in [6.45, 7) is 13.2. The topological polar surface area (TPSA) is 103 Å². The standard InChI is InChI=1S/C37H41N5O4/c1-24(22-41-16-14-40(4)15-17-41)23-42-26(3)25(2)32-21-31(8-9-33(32)42)46-30-7-5-6-28(18-30)37(45)39-29-19-34(43)36(35(44)20-29)27-10-12-38-13-11-27/h5-13,18-21,24,43-44H,14-17,22-23H2,1-4H3,(H,39,45). The van der Waals surface area contributed by atoms with Crippen LogP contribution >= 0.6 is 0 Å². The van der Waals surface area contributed by atoms with Crippen molar-refractivity contribution >= 4 is 22.5 Å². The van der Waals surface area contributed by atoms with Crippen LogP contribution in [-0.2, 0) is 6.54 Å². The molecule has 1 aliphatic heterocycles. The zero-order valence-electron chi connectivity index (χ0n) is 26.8. The van der Waals surface area contributed by atoms with Gasteiger partial charge in [0.05, 0.1) is 5.56 Å². The van der Waals surface area contributed by atoms with E-state index in [2.05, 4.69) is 64.6 Å². The van der Waals surface area contributed by atoms with Gasteiger partial charge in [-0.3, -0.25) is 9.78 Å². The number of piperazine rings is 1. The number of aromatic nitrogens is 2. The molecule has 3 aromatic carbocycles. The smallest absolute Gasteiger partial charge is 0.255 e. The van der Waals surface area contributed by atoms with E-state index in [1.807, 2.05) is 12.1 Å². The zero-order valence-corrected chi connectivity index (χ0v) is 26.8. The third-order valence-corrected chi connectivity index (χ3v) is 8.93. The maximum Gasteiger partial charge on any atom is 0.255 e. The van der Waals surface area contributed by atoms with Crippen LogP contribution < -0.4 is 10.1 Å². The predicted octanol–water partition coefficient (Wildman–Crippen LogP) is 6.66. The van der Waals surface area contributed by atoms with Crippen molar-refractivity contribution in [3.63, 3.8) is 0 Å². The second kappa shape index (κ2) is 13.2. The van der Waals surface area contributed by atoms with Crippen molar-refractivity contribution in [1.82, 2.24) is 19.4 Å². The number of carbonyl (C=O) groups is 1. The molecule has 9 nitrogen and oxygen atoms in total. The van der Waals surface area contributed by atoms with Crippen LogP contribution in [0.3, 0.4) is 0 Å². The summed E-state index contributed by atoms with van der Waals surface area (Å²) in [6, 6.07) is 19.3. The van der Waals surface area contributed by atoms with Crippen LogP contribution in [0.5, 0.6) is 23.0 Å². The molecule has 2 aromatic heterocycles. The first-order chi connectivity index (χ1) is 22.2. The quantitative estimate of drug-likeness (QED) is 0.170. The Bertz CT molecular complexity index is 1840. The molecule has 46 heavy (non-hydrogen) atoms. The molecule has 1 unspecified atom stereocenters. The molecular formula is C37H41N5O4. The fourth-order valence-electron chi connectivity index (χ4n) is 6.31. The van der Waals surface area contributed by atoms with Gasteiger partial charge in [-0.25, -0.2) is 0 Å². The molecule has 1 aliphatic rings. The zero-order chi connectivity index (χ0) is 32.4. The number of nitrogens with one attached hydrogen (secondary N) is 1. The molecule has 9 heteroatoms. The van der Waals surface area contributed by atoms with Gasteiger partial charge < -0.3 is 34.6 Å². The average molecular weight is 620 g/mol. The first-order valence-electron chi connectivity index (χ1n) is 15.7. The lowest BCUT2D eigenvalue weighted by Crippen LogP contribution is -2.46. The number of aromatic hydroxyl groups is 2. The van der Waals surface area contributed by atoms with Gasteiger partial charge in [-0.1, -0.05) is 13.0 Å². The number of anilines is 1. The first kappa shape index (κ1) is 31.1. The molecule has 0 spiro atoms. The number of rotatable bonds is 9. The van der Waals surface area contributed by atoms with Gasteiger partial charge >= 0.3 is 0 Å². The van der Waals surface area contributed by atoms with E-state index < -0.39 is 5.91 Å². The molecule has 5 aromatic rings. The Kier molecular flexibility index (Phi) is 8.96. The minimum absolute atomic E-state index is 0.155. The molecule has 0 bridgehead atoms. The van der Waals surface area contributed by atoms with E-state index in [-0.39, 0.29) is 22.7 Å². The van der Waals surface area contributed by atoms with Crippen molar-refractivity contribution in [3.05, 3.63) is 95.9 Å². The van der Waals surface area contributed by atoms with Crippen molar-refractivity contribution in [2.75, 3.05) is 45.1 Å². The third kappa shape index (κ3) is 6.71. The fraction of sp³-hybridized carbons (Fsp3) is 0.297. The maximum atomic E-state index is 13.1. The highest BCUT2D eigenvalue weighted by Crippen LogP contribution is 2.39. The van der Waals surface area contributed by atoms with Crippen LogP contribution in [0.15, 0.2) is 79.1 Å². The van der Waals surface area contributed by atoms with E-state index >= 15 is 0 Å². The van der Waals surface area contributed by atoms with Gasteiger partial charge in [0.15, 0.2) is 0 Å². The SMILES string of the molecule is Cc1c(C)n(CC(C)CN2CCN(C)CC2)c2ccc(Oc3cccc(C(=O)Nc4cc(O)c(-c5ccncc5)c(O)c4)c3)cc12. The largest absolute Gasteiger partial charge is 0.507 e. The average Bonchev–Trinajstić information content (AvgIpc) is 3.26. The Morgan fingerprint density at radius 2 is 1.61 bits per heavy atom. The Morgan fingerprint density at radius 3 is 2.33 bits per heavy atom. The summed E-state index contributed by atoms with van der Waals surface area (Å²) in [6.07, 6.45) is 3.15. The number of likely N-dealkylation sites (N-methyl/N-ethyl adjacent to an activating group) is 1. The van der Waals surface area contributed by atoms with Gasteiger partial charge in [0, 0.05) is 91.6 Å². The highest BCUT2D eigenvalue weighted by Gasteiger charge is 2.19.